The fourth-order valence-corrected chi connectivity index (χ4v) is 0.848. The molecule has 1 aromatic rings. The minimum Gasteiger partial charge on any atom is -0.480 e. The van der Waals surface area contributed by atoms with Crippen molar-refractivity contribution in [1.29, 1.82) is 0 Å². The predicted molar refractivity (Wildman–Crippen MR) is 49.3 cm³/mol. The summed E-state index contributed by atoms with van der Waals surface area (Å²) in [7, 11) is 0. The molecule has 0 aromatic carbocycles. The molecule has 0 saturated carbocycles. The van der Waals surface area contributed by atoms with Crippen LogP contribution in [-0.4, -0.2) is 33.6 Å². The summed E-state index contributed by atoms with van der Waals surface area (Å²) in [6.07, 6.45) is 3.25. The van der Waals surface area contributed by atoms with Gasteiger partial charge in [-0.25, -0.2) is 9.97 Å². The van der Waals surface area contributed by atoms with E-state index in [0.29, 0.717) is 12.4 Å². The topological polar surface area (TPSA) is 101 Å². The highest BCUT2D eigenvalue weighted by Gasteiger charge is 2.09. The van der Waals surface area contributed by atoms with Crippen molar-refractivity contribution < 1.29 is 9.90 Å². The van der Waals surface area contributed by atoms with Gasteiger partial charge in [0.25, 0.3) is 0 Å². The fraction of sp³-hybridized carbons (Fsp3) is 0.375. The summed E-state index contributed by atoms with van der Waals surface area (Å²) in [5, 5.41) is 11.3. The number of nitrogens with one attached hydrogen (secondary N) is 1. The Bertz CT molecular complexity index is 291. The average Bonchev–Trinajstić information content (AvgIpc) is 2.19. The lowest BCUT2D eigenvalue weighted by molar-refractivity contribution is -0.138. The Kier molecular flexibility index (Phi) is 3.96. The van der Waals surface area contributed by atoms with Crippen molar-refractivity contribution >= 4 is 5.97 Å². The van der Waals surface area contributed by atoms with Crippen molar-refractivity contribution in [2.24, 2.45) is 5.73 Å². The van der Waals surface area contributed by atoms with Gasteiger partial charge in [0.05, 0.1) is 6.54 Å². The Balaban J connectivity index is 2.26. The third-order valence-corrected chi connectivity index (χ3v) is 1.58. The van der Waals surface area contributed by atoms with Gasteiger partial charge in [-0.2, -0.15) is 0 Å². The van der Waals surface area contributed by atoms with Gasteiger partial charge in [-0.05, 0) is 6.07 Å². The normalized spacial score (nSPS) is 12.4. The number of carboxylic acids is 1. The molecule has 6 nitrogen and oxygen atoms in total. The molecule has 14 heavy (non-hydrogen) atoms. The quantitative estimate of drug-likeness (QED) is 0.557. The van der Waals surface area contributed by atoms with E-state index in [0.717, 1.165) is 0 Å². The molecule has 0 aliphatic heterocycles. The molecule has 4 N–H and O–H groups in total. The first-order valence-corrected chi connectivity index (χ1v) is 4.15. The summed E-state index contributed by atoms with van der Waals surface area (Å²) < 4.78 is 0. The third kappa shape index (κ3) is 3.46. The van der Waals surface area contributed by atoms with E-state index >= 15 is 0 Å². The number of aromatic nitrogens is 2. The number of nitrogens with zero attached hydrogens (tertiary/aromatic N) is 2. The van der Waals surface area contributed by atoms with Crippen LogP contribution in [0.2, 0.25) is 0 Å². The molecule has 1 heterocycles. The number of nitrogens with two attached hydrogens (primary N) is 1. The second-order valence-corrected chi connectivity index (χ2v) is 2.74. The van der Waals surface area contributed by atoms with Gasteiger partial charge in [0, 0.05) is 18.9 Å². The molecule has 1 unspecified atom stereocenters. The summed E-state index contributed by atoms with van der Waals surface area (Å²) in [6, 6.07) is 0.825. The highest BCUT2D eigenvalue weighted by molar-refractivity contribution is 5.73. The van der Waals surface area contributed by atoms with Crippen LogP contribution in [0.5, 0.6) is 0 Å². The number of aliphatic carboxylic acids is 1. The van der Waals surface area contributed by atoms with E-state index in [4.69, 9.17) is 10.8 Å². The first-order valence-electron chi connectivity index (χ1n) is 4.15. The Morgan fingerprint density at radius 3 is 2.79 bits per heavy atom. The molecule has 0 spiro atoms. The number of carbonyl (C=O) groups is 1. The summed E-state index contributed by atoms with van der Waals surface area (Å²) >= 11 is 0. The maximum Gasteiger partial charge on any atom is 0.321 e. The predicted octanol–water partition coefficient (Wildman–Crippen LogP) is -1.02. The van der Waals surface area contributed by atoms with E-state index in [1.165, 1.54) is 0 Å². The van der Waals surface area contributed by atoms with E-state index in [-0.39, 0.29) is 6.54 Å². The number of hydrogen-bond donors (Lipinski definition) is 3. The van der Waals surface area contributed by atoms with E-state index in [1.807, 2.05) is 0 Å². The minimum absolute atomic E-state index is 0.202. The van der Waals surface area contributed by atoms with E-state index in [1.54, 1.807) is 18.5 Å². The first-order chi connectivity index (χ1) is 6.70. The zero-order valence-electron chi connectivity index (χ0n) is 7.55. The van der Waals surface area contributed by atoms with E-state index in [9.17, 15) is 4.79 Å². The largest absolute Gasteiger partial charge is 0.480 e. The van der Waals surface area contributed by atoms with Gasteiger partial charge in [0.15, 0.2) is 0 Å². The van der Waals surface area contributed by atoms with Gasteiger partial charge in [-0.1, -0.05) is 0 Å². The van der Waals surface area contributed by atoms with Crippen LogP contribution >= 0.6 is 0 Å². The minimum atomic E-state index is -1.02. The number of carboxylic acid groups (broad SMARTS) is 1. The van der Waals surface area contributed by atoms with Crippen LogP contribution in [0.4, 0.5) is 0 Å². The van der Waals surface area contributed by atoms with Crippen LogP contribution in [0.25, 0.3) is 0 Å². The third-order valence-electron chi connectivity index (χ3n) is 1.58. The van der Waals surface area contributed by atoms with E-state index < -0.39 is 12.0 Å². The highest BCUT2D eigenvalue weighted by Crippen LogP contribution is 1.86. The summed E-state index contributed by atoms with van der Waals surface area (Å²) in [5.41, 5.74) is 5.28. The molecule has 0 radical (unpaired) electrons. The zero-order chi connectivity index (χ0) is 10.4. The van der Waals surface area contributed by atoms with Crippen molar-refractivity contribution in [2.75, 3.05) is 6.54 Å². The molecule has 76 valence electrons. The lowest BCUT2D eigenvalue weighted by Crippen LogP contribution is -2.40. The van der Waals surface area contributed by atoms with Gasteiger partial charge in [0.1, 0.15) is 11.9 Å². The molecule has 6 heteroatoms. The maximum absolute atomic E-state index is 10.3. The van der Waals surface area contributed by atoms with Gasteiger partial charge in [0.2, 0.25) is 0 Å². The van der Waals surface area contributed by atoms with Crippen LogP contribution in [-0.2, 0) is 11.3 Å². The number of rotatable bonds is 5. The molecular weight excluding hydrogens is 184 g/mol. The molecule has 0 saturated heterocycles. The summed E-state index contributed by atoms with van der Waals surface area (Å²) in [6.45, 7) is 0.620. The summed E-state index contributed by atoms with van der Waals surface area (Å²) in [4.78, 5) is 18.3. The van der Waals surface area contributed by atoms with Crippen LogP contribution in [0.1, 0.15) is 5.82 Å². The Morgan fingerprint density at radius 2 is 2.21 bits per heavy atom. The van der Waals surface area contributed by atoms with Crippen molar-refractivity contribution in [3.63, 3.8) is 0 Å². The van der Waals surface area contributed by atoms with Crippen molar-refractivity contribution in [2.45, 2.75) is 12.6 Å². The molecule has 0 aliphatic rings. The lowest BCUT2D eigenvalue weighted by atomic mass is 10.3. The summed E-state index contributed by atoms with van der Waals surface area (Å²) in [5.74, 6) is -0.406. The molecule has 0 aliphatic carbocycles. The van der Waals surface area contributed by atoms with Crippen molar-refractivity contribution in [3.8, 4) is 0 Å². The smallest absolute Gasteiger partial charge is 0.321 e. The molecular formula is C8H12N4O2. The van der Waals surface area contributed by atoms with Crippen LogP contribution in [0.15, 0.2) is 18.5 Å². The molecule has 1 aromatic heterocycles. The van der Waals surface area contributed by atoms with Gasteiger partial charge in [-0.3, -0.25) is 4.79 Å². The molecule has 0 bridgehead atoms. The van der Waals surface area contributed by atoms with Crippen molar-refractivity contribution in [1.82, 2.24) is 15.3 Å². The van der Waals surface area contributed by atoms with Crippen molar-refractivity contribution in [3.05, 3.63) is 24.3 Å². The molecule has 0 fully saturated rings. The maximum atomic E-state index is 10.3. The molecule has 1 atom stereocenters. The molecule has 1 rings (SSSR count). The Labute approximate surface area is 81.2 Å². The molecule has 0 amide bonds. The van der Waals surface area contributed by atoms with Crippen LogP contribution in [0.3, 0.4) is 0 Å². The second-order valence-electron chi connectivity index (χ2n) is 2.74. The fourth-order valence-electron chi connectivity index (χ4n) is 0.848. The standard InChI is InChI=1S/C8H12N4O2/c9-6(8(13)14)4-10-5-7-11-2-1-3-12-7/h1-3,6,10H,4-5,9H2,(H,13,14). The van der Waals surface area contributed by atoms with E-state index in [2.05, 4.69) is 15.3 Å². The second kappa shape index (κ2) is 5.25. The van der Waals surface area contributed by atoms with Crippen LogP contribution in [0, 0.1) is 0 Å². The van der Waals surface area contributed by atoms with Crippen LogP contribution < -0.4 is 11.1 Å². The SMILES string of the molecule is NC(CNCc1ncccn1)C(=O)O. The lowest BCUT2D eigenvalue weighted by Gasteiger charge is -2.06. The van der Waals surface area contributed by atoms with Gasteiger partial charge in [-0.15, -0.1) is 0 Å². The highest BCUT2D eigenvalue weighted by atomic mass is 16.4. The zero-order valence-corrected chi connectivity index (χ0v) is 7.55. The van der Waals surface area contributed by atoms with Gasteiger partial charge < -0.3 is 16.2 Å². The monoisotopic (exact) mass is 196 g/mol. The Hall–Kier alpha value is -1.53. The van der Waals surface area contributed by atoms with Gasteiger partial charge >= 0.3 is 5.97 Å². The Morgan fingerprint density at radius 1 is 1.57 bits per heavy atom. The average molecular weight is 196 g/mol. The number of hydrogen-bond acceptors (Lipinski definition) is 5. The first kappa shape index (κ1) is 10.6.